The molecule has 0 unspecified atom stereocenters. The number of benzene rings is 1. The minimum absolute atomic E-state index is 0.205. The smallest absolute Gasteiger partial charge is 0.305 e. The van der Waals surface area contributed by atoms with Crippen LogP contribution >= 0.6 is 0 Å². The summed E-state index contributed by atoms with van der Waals surface area (Å²) in [5, 5.41) is 40.8. The molecule has 0 bridgehead atoms. The maximum atomic E-state index is 12.4. The van der Waals surface area contributed by atoms with Gasteiger partial charge in [-0.2, -0.15) is 0 Å². The molecule has 8 heteroatoms. The van der Waals surface area contributed by atoms with E-state index in [-0.39, 0.29) is 19.2 Å². The molecule has 1 aliphatic rings. The molecule has 1 saturated heterocycles. The molecule has 10 atom stereocenters. The van der Waals surface area contributed by atoms with Crippen molar-refractivity contribution in [3.63, 3.8) is 0 Å². The van der Waals surface area contributed by atoms with Gasteiger partial charge in [-0.3, -0.25) is 4.79 Å². The van der Waals surface area contributed by atoms with Gasteiger partial charge in [0, 0.05) is 13.0 Å². The van der Waals surface area contributed by atoms with E-state index in [4.69, 9.17) is 19.3 Å². The van der Waals surface area contributed by atoms with Crippen LogP contribution in [0.5, 0.6) is 0 Å². The Morgan fingerprint density at radius 1 is 0.576 bits per heavy atom. The highest BCUT2D eigenvalue weighted by molar-refractivity contribution is 5.69. The molecule has 1 heterocycles. The van der Waals surface area contributed by atoms with Crippen LogP contribution in [0, 0.1) is 50.4 Å². The van der Waals surface area contributed by atoms with Gasteiger partial charge in [0.2, 0.25) is 0 Å². The van der Waals surface area contributed by atoms with Crippen LogP contribution in [-0.2, 0) is 25.4 Å². The molecule has 66 heavy (non-hydrogen) atoms. The summed E-state index contributed by atoms with van der Waals surface area (Å²) in [6.45, 7) is 23.0. The van der Waals surface area contributed by atoms with Gasteiger partial charge in [0.05, 0.1) is 5.60 Å². The Hall–Kier alpha value is -1.55. The lowest BCUT2D eigenvalue weighted by Crippen LogP contribution is -2.60. The number of unbranched alkanes of at least 4 members (excludes halogenated alkanes) is 9. The van der Waals surface area contributed by atoms with Crippen LogP contribution in [0.15, 0.2) is 12.1 Å². The predicted octanol–water partition coefficient (Wildman–Crippen LogP) is 14.0. The molecule has 0 spiro atoms. The van der Waals surface area contributed by atoms with E-state index in [1.54, 1.807) is 5.56 Å². The van der Waals surface area contributed by atoms with E-state index in [1.165, 1.54) is 126 Å². The van der Waals surface area contributed by atoms with Crippen molar-refractivity contribution in [1.82, 2.24) is 0 Å². The number of carbonyl (C=O) groups is 1. The third kappa shape index (κ3) is 26.4. The minimum Gasteiger partial charge on any atom is -0.463 e. The molecular formula is C58H106O8. The van der Waals surface area contributed by atoms with Crippen LogP contribution in [-0.4, -0.2) is 75.9 Å². The van der Waals surface area contributed by atoms with Gasteiger partial charge in [-0.25, -0.2) is 0 Å². The van der Waals surface area contributed by atoms with Crippen LogP contribution in [0.4, 0.5) is 0 Å². The minimum atomic E-state index is -1.47. The number of carbonyl (C=O) groups excluding carboxylic acids is 1. The van der Waals surface area contributed by atoms with Gasteiger partial charge in [0.25, 0.3) is 0 Å². The Morgan fingerprint density at radius 3 is 1.53 bits per heavy atom. The zero-order valence-electron chi connectivity index (χ0n) is 44.6. The van der Waals surface area contributed by atoms with Gasteiger partial charge in [0.1, 0.15) is 31.0 Å². The van der Waals surface area contributed by atoms with Gasteiger partial charge in [-0.15, -0.1) is 0 Å². The van der Waals surface area contributed by atoms with Gasteiger partial charge in [0.15, 0.2) is 6.29 Å². The third-order valence-corrected chi connectivity index (χ3v) is 15.3. The van der Waals surface area contributed by atoms with E-state index in [0.717, 1.165) is 87.9 Å². The summed E-state index contributed by atoms with van der Waals surface area (Å²) in [7, 11) is 0. The fraction of sp³-hybridized carbons (Fsp3) is 0.879. The van der Waals surface area contributed by atoms with E-state index in [9.17, 15) is 20.1 Å². The largest absolute Gasteiger partial charge is 0.463 e. The molecule has 1 aromatic rings. The molecule has 0 amide bonds. The Balaban J connectivity index is 1.51. The number of aliphatic hydroxyl groups is 4. The Morgan fingerprint density at radius 2 is 1.02 bits per heavy atom. The van der Waals surface area contributed by atoms with Gasteiger partial charge in [-0.1, -0.05) is 188 Å². The monoisotopic (exact) mass is 931 g/mol. The van der Waals surface area contributed by atoms with Crippen LogP contribution in [0.2, 0.25) is 0 Å². The van der Waals surface area contributed by atoms with Gasteiger partial charge >= 0.3 is 5.97 Å². The highest BCUT2D eigenvalue weighted by Crippen LogP contribution is 2.31. The molecular weight excluding hydrogens is 825 g/mol. The number of hydrogen-bond acceptors (Lipinski definition) is 8. The standard InChI is InChI=1S/C58H106O8/c1-43(26-19-20-27-44(2)29-24-33-47(5)36-39-51-49(7)38-37-48(6)50(51)8)28-22-30-45(3)31-23-32-46(4)34-25-40-58(9,10)66-57-56(63)55(62)54(61)52(65-57)42-64-53(60)35-18-16-14-12-11-13-15-17-21-41-59/h37-38,43-47,52,54-57,59,61-63H,11-36,39-42H2,1-10H3/t43-,44-,45+,46-,47+,52-,54-,55+,56-,57-/m1/s1. The number of aliphatic hydroxyl groups excluding tert-OH is 4. The number of esters is 1. The summed E-state index contributed by atoms with van der Waals surface area (Å²) < 4.78 is 17.6. The summed E-state index contributed by atoms with van der Waals surface area (Å²) in [4.78, 5) is 12.4. The van der Waals surface area contributed by atoms with Gasteiger partial charge in [-0.05, 0) is 119 Å². The second-order valence-electron chi connectivity index (χ2n) is 22.6. The first kappa shape index (κ1) is 60.6. The summed E-state index contributed by atoms with van der Waals surface area (Å²) in [6, 6.07) is 4.56. The van der Waals surface area contributed by atoms with Crippen LogP contribution in [0.1, 0.15) is 244 Å². The lowest BCUT2D eigenvalue weighted by atomic mass is 9.88. The first-order chi connectivity index (χ1) is 31.4. The average molecular weight is 931 g/mol. The molecule has 8 nitrogen and oxygen atoms in total. The molecule has 1 aliphatic heterocycles. The van der Waals surface area contributed by atoms with E-state index in [1.807, 2.05) is 13.8 Å². The quantitative estimate of drug-likeness (QED) is 0.0380. The van der Waals surface area contributed by atoms with Crippen molar-refractivity contribution in [2.45, 2.75) is 285 Å². The third-order valence-electron chi connectivity index (χ3n) is 15.3. The zero-order valence-corrected chi connectivity index (χ0v) is 44.6. The molecule has 1 fully saturated rings. The fourth-order valence-corrected chi connectivity index (χ4v) is 10.2. The number of hydrogen-bond donors (Lipinski definition) is 4. The zero-order chi connectivity index (χ0) is 48.9. The van der Waals surface area contributed by atoms with E-state index in [0.29, 0.717) is 12.3 Å². The Kier molecular flexibility index (Phi) is 31.8. The van der Waals surface area contributed by atoms with Crippen molar-refractivity contribution >= 4 is 5.97 Å². The van der Waals surface area contributed by atoms with Crippen molar-refractivity contribution in [2.75, 3.05) is 13.2 Å². The Bertz CT molecular complexity index is 1380. The first-order valence-electron chi connectivity index (χ1n) is 27.6. The maximum absolute atomic E-state index is 12.4. The molecule has 0 aliphatic carbocycles. The fourth-order valence-electron chi connectivity index (χ4n) is 10.2. The normalized spacial score (nSPS) is 21.4. The van der Waals surface area contributed by atoms with E-state index < -0.39 is 36.3 Å². The highest BCUT2D eigenvalue weighted by atomic mass is 16.7. The molecule has 0 radical (unpaired) electrons. The van der Waals surface area contributed by atoms with Crippen LogP contribution < -0.4 is 0 Å². The van der Waals surface area contributed by atoms with Gasteiger partial charge < -0.3 is 34.6 Å². The number of aryl methyl sites for hydroxylation is 2. The van der Waals surface area contributed by atoms with E-state index >= 15 is 0 Å². The molecule has 0 saturated carbocycles. The Labute approximate surface area is 406 Å². The van der Waals surface area contributed by atoms with Crippen molar-refractivity contribution in [3.05, 3.63) is 34.4 Å². The number of ether oxygens (including phenoxy) is 3. The molecule has 2 rings (SSSR count). The lowest BCUT2D eigenvalue weighted by Gasteiger charge is -2.43. The molecule has 4 N–H and O–H groups in total. The summed E-state index contributed by atoms with van der Waals surface area (Å²) in [6.07, 6.45) is 26.2. The second-order valence-corrected chi connectivity index (χ2v) is 22.6. The van der Waals surface area contributed by atoms with Crippen molar-refractivity contribution in [3.8, 4) is 0 Å². The van der Waals surface area contributed by atoms with Crippen LogP contribution in [0.3, 0.4) is 0 Å². The average Bonchev–Trinajstić information content (AvgIpc) is 3.26. The highest BCUT2D eigenvalue weighted by Gasteiger charge is 2.46. The molecule has 0 aromatic heterocycles. The first-order valence-corrected chi connectivity index (χ1v) is 27.6. The topological polar surface area (TPSA) is 126 Å². The maximum Gasteiger partial charge on any atom is 0.305 e. The SMILES string of the molecule is Cc1ccc(C)c(CC[C@@H](C)CCC[C@H](C)CCCC[C@@H](C)CCC[C@H](C)CCC[C@@H](C)CCCC(C)(C)O[C@H]2O[C@H](COC(=O)CCCCCCCCCCCO)[C@@H](O)[C@H](O)[C@H]2O)c1C. The summed E-state index contributed by atoms with van der Waals surface area (Å²) >= 11 is 0. The van der Waals surface area contributed by atoms with Crippen molar-refractivity contribution in [1.29, 1.82) is 0 Å². The second kappa shape index (κ2) is 34.7. The molecule has 1 aromatic carbocycles. The van der Waals surface area contributed by atoms with E-state index in [2.05, 4.69) is 67.5 Å². The van der Waals surface area contributed by atoms with Crippen molar-refractivity contribution in [2.24, 2.45) is 29.6 Å². The summed E-state index contributed by atoms with van der Waals surface area (Å²) in [5.41, 5.74) is 5.35. The molecule has 386 valence electrons. The van der Waals surface area contributed by atoms with Crippen molar-refractivity contribution < 1.29 is 39.4 Å². The van der Waals surface area contributed by atoms with Crippen LogP contribution in [0.25, 0.3) is 0 Å². The predicted molar refractivity (Wildman–Crippen MR) is 275 cm³/mol. The summed E-state index contributed by atoms with van der Waals surface area (Å²) in [5.74, 6) is 3.53. The lowest BCUT2D eigenvalue weighted by molar-refractivity contribution is -0.324. The number of rotatable bonds is 39.